The third-order valence-corrected chi connectivity index (χ3v) is 6.89. The van der Waals surface area contributed by atoms with Gasteiger partial charge in [-0.15, -0.1) is 0 Å². The predicted molar refractivity (Wildman–Crippen MR) is 130 cm³/mol. The molecule has 0 amide bonds. The fourth-order valence-corrected chi connectivity index (χ4v) is 5.11. The van der Waals surface area contributed by atoms with E-state index in [0.717, 1.165) is 51.0 Å². The molecule has 2 aliphatic rings. The number of hydrogen-bond donors (Lipinski definition) is 2. The smallest absolute Gasteiger partial charge is 0.288 e. The molecule has 8 heteroatoms. The van der Waals surface area contributed by atoms with E-state index < -0.39 is 11.4 Å². The van der Waals surface area contributed by atoms with Gasteiger partial charge in [-0.3, -0.25) is 9.36 Å². The fraction of sp³-hybridized carbons (Fsp3) is 0.480. The van der Waals surface area contributed by atoms with E-state index in [1.54, 1.807) is 17.7 Å². The van der Waals surface area contributed by atoms with Gasteiger partial charge in [0.05, 0.1) is 0 Å². The van der Waals surface area contributed by atoms with Crippen LogP contribution in [0.5, 0.6) is 0 Å². The number of nitrogens with zero attached hydrogens (tertiary/aromatic N) is 4. The lowest BCUT2D eigenvalue weighted by atomic mass is 10.0. The van der Waals surface area contributed by atoms with Gasteiger partial charge in [-0.1, -0.05) is 12.8 Å². The molecule has 174 valence electrons. The molecule has 7 nitrogen and oxygen atoms in total. The number of aryl methyl sites for hydroxylation is 1. The van der Waals surface area contributed by atoms with Crippen LogP contribution in [0, 0.1) is 12.7 Å². The summed E-state index contributed by atoms with van der Waals surface area (Å²) in [6, 6.07) is 8.20. The van der Waals surface area contributed by atoms with Crippen LogP contribution in [0.3, 0.4) is 0 Å². The first kappa shape index (κ1) is 21.8. The van der Waals surface area contributed by atoms with Crippen LogP contribution in [-0.4, -0.2) is 39.7 Å². The molecule has 33 heavy (non-hydrogen) atoms. The first-order valence-corrected chi connectivity index (χ1v) is 11.8. The van der Waals surface area contributed by atoms with Crippen molar-refractivity contribution in [2.75, 3.05) is 29.9 Å². The van der Waals surface area contributed by atoms with Crippen molar-refractivity contribution in [1.29, 1.82) is 0 Å². The van der Waals surface area contributed by atoms with Crippen molar-refractivity contribution in [3.63, 3.8) is 0 Å². The number of rotatable bonds is 4. The molecule has 0 radical (unpaired) electrons. The summed E-state index contributed by atoms with van der Waals surface area (Å²) in [7, 11) is 0. The van der Waals surface area contributed by atoms with Gasteiger partial charge >= 0.3 is 0 Å². The van der Waals surface area contributed by atoms with Crippen LogP contribution >= 0.6 is 0 Å². The van der Waals surface area contributed by atoms with Crippen molar-refractivity contribution in [1.82, 2.24) is 19.9 Å². The highest BCUT2D eigenvalue weighted by Gasteiger charge is 2.26. The molecule has 1 aromatic carbocycles. The molecule has 2 fully saturated rings. The Morgan fingerprint density at radius 2 is 1.91 bits per heavy atom. The molecule has 1 aliphatic carbocycles. The molecule has 1 aliphatic heterocycles. The minimum atomic E-state index is -0.703. The highest BCUT2D eigenvalue weighted by molar-refractivity contribution is 5.79. The molecule has 1 saturated heterocycles. The molecule has 0 unspecified atom stereocenters. The molecule has 0 spiro atoms. The lowest BCUT2D eigenvalue weighted by molar-refractivity contribution is 0.353. The number of aromatic nitrogens is 3. The molecule has 2 aromatic heterocycles. The number of fused-ring (bicyclic) bond motifs is 1. The van der Waals surface area contributed by atoms with Gasteiger partial charge in [-0.25, -0.2) is 9.37 Å². The van der Waals surface area contributed by atoms with E-state index >= 15 is 0 Å². The Labute approximate surface area is 193 Å². The summed E-state index contributed by atoms with van der Waals surface area (Å²) in [6.07, 6.45) is 5.44. The van der Waals surface area contributed by atoms with Crippen molar-refractivity contribution in [2.24, 2.45) is 0 Å². The number of nitrogens with one attached hydrogen (secondary N) is 2. The Morgan fingerprint density at radius 1 is 1.18 bits per heavy atom. The fourth-order valence-electron chi connectivity index (χ4n) is 5.11. The summed E-state index contributed by atoms with van der Waals surface area (Å²) < 4.78 is 16.2. The van der Waals surface area contributed by atoms with Gasteiger partial charge in [-0.2, -0.15) is 4.98 Å². The van der Waals surface area contributed by atoms with E-state index in [2.05, 4.69) is 51.5 Å². The predicted octanol–water partition coefficient (Wildman–Crippen LogP) is 4.29. The number of anilines is 3. The minimum Gasteiger partial charge on any atom is -0.368 e. The molecule has 5 rings (SSSR count). The van der Waals surface area contributed by atoms with Crippen molar-refractivity contribution in [3.05, 3.63) is 52.2 Å². The van der Waals surface area contributed by atoms with E-state index in [0.29, 0.717) is 22.5 Å². The van der Waals surface area contributed by atoms with Crippen LogP contribution in [0.1, 0.15) is 51.1 Å². The summed E-state index contributed by atoms with van der Waals surface area (Å²) >= 11 is 0. The van der Waals surface area contributed by atoms with Gasteiger partial charge in [0.1, 0.15) is 5.65 Å². The number of piperazine rings is 1. The SMILES string of the molecule is Cc1c(F)c(=O)n(C2CCCC2)c2nc(Nc3ccc(N4CCNC(C)(C)C4)cc3)ncc12. The van der Waals surface area contributed by atoms with Gasteiger partial charge in [0.15, 0.2) is 5.82 Å². The number of hydrogen-bond acceptors (Lipinski definition) is 6. The maximum Gasteiger partial charge on any atom is 0.288 e. The van der Waals surface area contributed by atoms with E-state index in [1.165, 1.54) is 5.69 Å². The van der Waals surface area contributed by atoms with Crippen molar-refractivity contribution < 1.29 is 4.39 Å². The van der Waals surface area contributed by atoms with Crippen LogP contribution in [0.25, 0.3) is 11.0 Å². The topological polar surface area (TPSA) is 75.1 Å². The standard InChI is InChI=1S/C25H31FN6O/c1-16-20-14-27-24(30-22(20)32(23(33)21(16)26)19-6-4-5-7-19)29-17-8-10-18(11-9-17)31-13-12-28-25(2,3)15-31/h8-11,14,19,28H,4-7,12-13,15H2,1-3H3,(H,27,29,30). The van der Waals surface area contributed by atoms with Gasteiger partial charge in [0, 0.05) is 59.7 Å². The molecule has 0 bridgehead atoms. The Morgan fingerprint density at radius 3 is 2.61 bits per heavy atom. The Kier molecular flexibility index (Phi) is 5.56. The average molecular weight is 451 g/mol. The van der Waals surface area contributed by atoms with Gasteiger partial charge in [-0.05, 0) is 57.9 Å². The zero-order valence-electron chi connectivity index (χ0n) is 19.5. The molecular weight excluding hydrogens is 419 g/mol. The third-order valence-electron chi connectivity index (χ3n) is 6.89. The second-order valence-corrected chi connectivity index (χ2v) is 9.89. The Hall–Kier alpha value is -3.00. The lowest BCUT2D eigenvalue weighted by Crippen LogP contribution is -2.57. The molecule has 3 aromatic rings. The summed E-state index contributed by atoms with van der Waals surface area (Å²) in [5.74, 6) is -0.305. The Bertz CT molecular complexity index is 1230. The zero-order valence-corrected chi connectivity index (χ0v) is 19.5. The normalized spacial score (nSPS) is 18.7. The quantitative estimate of drug-likeness (QED) is 0.618. The zero-order chi connectivity index (χ0) is 23.2. The van der Waals surface area contributed by atoms with Crippen LogP contribution in [0.4, 0.5) is 21.7 Å². The summed E-state index contributed by atoms with van der Waals surface area (Å²) in [4.78, 5) is 24.2. The lowest BCUT2D eigenvalue weighted by Gasteiger charge is -2.40. The molecule has 3 heterocycles. The number of halogens is 1. The van der Waals surface area contributed by atoms with Gasteiger partial charge < -0.3 is 15.5 Å². The Balaban J connectivity index is 1.44. The number of pyridine rings is 1. The second-order valence-electron chi connectivity index (χ2n) is 9.89. The van der Waals surface area contributed by atoms with E-state index in [4.69, 9.17) is 0 Å². The van der Waals surface area contributed by atoms with Crippen molar-refractivity contribution in [2.45, 2.75) is 58.0 Å². The van der Waals surface area contributed by atoms with Crippen molar-refractivity contribution >= 4 is 28.4 Å². The van der Waals surface area contributed by atoms with E-state index in [-0.39, 0.29) is 11.6 Å². The van der Waals surface area contributed by atoms with E-state index in [1.807, 2.05) is 12.1 Å². The largest absolute Gasteiger partial charge is 0.368 e. The van der Waals surface area contributed by atoms with Crippen LogP contribution < -0.4 is 21.1 Å². The molecule has 1 saturated carbocycles. The first-order valence-electron chi connectivity index (χ1n) is 11.8. The molecular formula is C25H31FN6O. The highest BCUT2D eigenvalue weighted by Crippen LogP contribution is 2.32. The summed E-state index contributed by atoms with van der Waals surface area (Å²) in [6.45, 7) is 8.92. The van der Waals surface area contributed by atoms with Gasteiger partial charge in [0.25, 0.3) is 5.56 Å². The minimum absolute atomic E-state index is 0.0135. The van der Waals surface area contributed by atoms with Crippen LogP contribution in [0.2, 0.25) is 0 Å². The number of benzene rings is 1. The monoisotopic (exact) mass is 450 g/mol. The van der Waals surface area contributed by atoms with Crippen molar-refractivity contribution in [3.8, 4) is 0 Å². The molecule has 0 atom stereocenters. The third kappa shape index (κ3) is 4.19. The molecule has 2 N–H and O–H groups in total. The maximum absolute atomic E-state index is 14.6. The summed E-state index contributed by atoms with van der Waals surface area (Å²) in [5.41, 5.74) is 2.35. The maximum atomic E-state index is 14.6. The summed E-state index contributed by atoms with van der Waals surface area (Å²) in [5, 5.41) is 7.37. The van der Waals surface area contributed by atoms with Gasteiger partial charge in [0.2, 0.25) is 5.95 Å². The van der Waals surface area contributed by atoms with Crippen LogP contribution in [0.15, 0.2) is 35.3 Å². The second kappa shape index (κ2) is 8.41. The first-order chi connectivity index (χ1) is 15.8. The highest BCUT2D eigenvalue weighted by atomic mass is 19.1. The van der Waals surface area contributed by atoms with E-state index in [9.17, 15) is 9.18 Å². The van der Waals surface area contributed by atoms with Crippen LogP contribution in [-0.2, 0) is 0 Å². The average Bonchev–Trinajstić information content (AvgIpc) is 3.32.